The van der Waals surface area contributed by atoms with Gasteiger partial charge < -0.3 is 16.0 Å². The lowest BCUT2D eigenvalue weighted by Crippen LogP contribution is -2.56. The summed E-state index contributed by atoms with van der Waals surface area (Å²) in [4.78, 5) is 18.0. The third-order valence-corrected chi connectivity index (χ3v) is 5.16. The second-order valence-electron chi connectivity index (χ2n) is 6.66. The molecule has 0 aliphatic carbocycles. The van der Waals surface area contributed by atoms with Crippen LogP contribution in [0.25, 0.3) is 16.8 Å². The number of hydrogen-bond acceptors (Lipinski definition) is 5. The average Bonchev–Trinajstić information content (AvgIpc) is 3.14. The van der Waals surface area contributed by atoms with E-state index in [1.165, 1.54) is 5.57 Å². The summed E-state index contributed by atoms with van der Waals surface area (Å²) in [5.41, 5.74) is 9.68. The van der Waals surface area contributed by atoms with E-state index in [1.807, 2.05) is 36.6 Å². The molecule has 2 aliphatic rings. The Bertz CT molecular complexity index is 901. The zero-order valence-electron chi connectivity index (χ0n) is 14.8. The largest absolute Gasteiger partial charge is 0.368 e. The smallest absolute Gasteiger partial charge is 0.236 e. The van der Waals surface area contributed by atoms with Crippen LogP contribution in [0.5, 0.6) is 0 Å². The van der Waals surface area contributed by atoms with Crippen LogP contribution >= 0.6 is 11.6 Å². The van der Waals surface area contributed by atoms with Gasteiger partial charge in [-0.2, -0.15) is 5.10 Å². The Hall–Kier alpha value is -2.64. The first-order valence-electron chi connectivity index (χ1n) is 8.95. The Balaban J connectivity index is 1.77. The van der Waals surface area contributed by atoms with Crippen LogP contribution in [-0.2, 0) is 4.79 Å². The van der Waals surface area contributed by atoms with Crippen molar-refractivity contribution in [2.45, 2.75) is 12.5 Å². The number of halogens is 1. The Labute approximate surface area is 162 Å². The molecule has 4 N–H and O–H groups in total. The monoisotopic (exact) mass is 384 g/mol. The van der Waals surface area contributed by atoms with Gasteiger partial charge in [0.25, 0.3) is 0 Å². The van der Waals surface area contributed by atoms with Crippen LogP contribution in [-0.4, -0.2) is 54.5 Å². The van der Waals surface area contributed by atoms with Crippen molar-refractivity contribution in [3.8, 4) is 11.3 Å². The number of rotatable bonds is 4. The number of piperazine rings is 1. The molecule has 1 unspecified atom stereocenters. The molecule has 2 aromatic rings. The Morgan fingerprint density at radius 2 is 2.11 bits per heavy atom. The van der Waals surface area contributed by atoms with Crippen molar-refractivity contribution in [3.63, 3.8) is 0 Å². The van der Waals surface area contributed by atoms with Crippen molar-refractivity contribution < 1.29 is 4.79 Å². The molecule has 140 valence electrons. The van der Waals surface area contributed by atoms with Crippen LogP contribution in [0.2, 0.25) is 5.02 Å². The highest BCUT2D eigenvalue weighted by Crippen LogP contribution is 2.37. The fourth-order valence-corrected chi connectivity index (χ4v) is 3.64. The molecule has 8 heteroatoms. The lowest BCUT2D eigenvalue weighted by Gasteiger charge is -2.33. The molecular weight excluding hydrogens is 364 g/mol. The van der Waals surface area contributed by atoms with Crippen LogP contribution in [0, 0.1) is 0 Å². The van der Waals surface area contributed by atoms with E-state index in [9.17, 15) is 4.79 Å². The van der Waals surface area contributed by atoms with E-state index in [1.54, 1.807) is 0 Å². The van der Waals surface area contributed by atoms with Gasteiger partial charge in [-0.15, -0.1) is 0 Å². The molecule has 27 heavy (non-hydrogen) atoms. The molecular formula is C19H21ClN6O. The number of nitrogens with two attached hydrogens (primary N) is 1. The van der Waals surface area contributed by atoms with Gasteiger partial charge >= 0.3 is 0 Å². The molecule has 1 fully saturated rings. The summed E-state index contributed by atoms with van der Waals surface area (Å²) in [6, 6.07) is 7.30. The number of hydrogen-bond donors (Lipinski definition) is 3. The van der Waals surface area contributed by atoms with Crippen molar-refractivity contribution >= 4 is 35.1 Å². The van der Waals surface area contributed by atoms with E-state index < -0.39 is 0 Å². The number of carbonyl (C=O) groups is 1. The van der Waals surface area contributed by atoms with Gasteiger partial charge in [-0.05, 0) is 30.2 Å². The minimum atomic E-state index is -0.385. The number of aliphatic imine (C=N–C) groups is 1. The number of carbonyl (C=O) groups excluding carboxylic acids is 1. The molecule has 0 saturated carbocycles. The van der Waals surface area contributed by atoms with Crippen LogP contribution in [0.15, 0.2) is 35.3 Å². The lowest BCUT2D eigenvalue weighted by molar-refractivity contribution is -0.120. The topological polar surface area (TPSA) is 99.4 Å². The summed E-state index contributed by atoms with van der Waals surface area (Å²) in [5, 5.41) is 11.7. The van der Waals surface area contributed by atoms with Gasteiger partial charge in [0, 0.05) is 48.5 Å². The summed E-state index contributed by atoms with van der Waals surface area (Å²) < 4.78 is 0. The highest BCUT2D eigenvalue weighted by molar-refractivity contribution is 6.30. The highest BCUT2D eigenvalue weighted by Gasteiger charge is 2.29. The van der Waals surface area contributed by atoms with Crippen molar-refractivity contribution in [2.24, 2.45) is 10.7 Å². The summed E-state index contributed by atoms with van der Waals surface area (Å²) >= 11 is 6.05. The fourth-order valence-electron chi connectivity index (χ4n) is 3.52. The molecule has 1 aromatic heterocycles. The SMILES string of the molecule is NC(=O)C1CN(c2n[nH]c(-c3ccc(Cl)cc3)c2C2=CC=NCC2)CCN1. The van der Waals surface area contributed by atoms with E-state index in [-0.39, 0.29) is 11.9 Å². The lowest BCUT2D eigenvalue weighted by atomic mass is 9.96. The number of dihydropyridines is 1. The van der Waals surface area contributed by atoms with Crippen LogP contribution in [0.3, 0.4) is 0 Å². The maximum Gasteiger partial charge on any atom is 0.236 e. The molecule has 7 nitrogen and oxygen atoms in total. The first-order valence-corrected chi connectivity index (χ1v) is 9.32. The van der Waals surface area contributed by atoms with Crippen molar-refractivity contribution in [3.05, 3.63) is 40.9 Å². The Morgan fingerprint density at radius 1 is 1.30 bits per heavy atom. The number of benzene rings is 1. The van der Waals surface area contributed by atoms with Crippen LogP contribution < -0.4 is 16.0 Å². The van der Waals surface area contributed by atoms with Gasteiger partial charge in [-0.1, -0.05) is 23.7 Å². The minimum absolute atomic E-state index is 0.348. The zero-order valence-corrected chi connectivity index (χ0v) is 15.5. The molecule has 1 saturated heterocycles. The van der Waals surface area contributed by atoms with E-state index in [2.05, 4.69) is 25.4 Å². The number of H-pyrrole nitrogens is 1. The third kappa shape index (κ3) is 3.61. The van der Waals surface area contributed by atoms with E-state index in [0.717, 1.165) is 42.1 Å². The summed E-state index contributed by atoms with van der Waals surface area (Å²) in [6.45, 7) is 2.68. The number of aromatic nitrogens is 2. The zero-order chi connectivity index (χ0) is 18.8. The normalized spacial score (nSPS) is 19.8. The molecule has 0 radical (unpaired) electrons. The predicted molar refractivity (Wildman–Crippen MR) is 108 cm³/mol. The number of anilines is 1. The standard InChI is InChI=1S/C19H21ClN6O/c20-14-3-1-13(2-4-14)17-16(12-5-7-22-8-6-12)19(25-24-17)26-10-9-23-15(11-26)18(21)27/h1-5,7,15,23H,6,8-11H2,(H2,21,27)(H,24,25). The molecule has 0 spiro atoms. The Morgan fingerprint density at radius 3 is 2.81 bits per heavy atom. The Kier molecular flexibility index (Phi) is 4.96. The third-order valence-electron chi connectivity index (χ3n) is 4.91. The number of aromatic amines is 1. The van der Waals surface area contributed by atoms with Crippen molar-refractivity contribution in [1.82, 2.24) is 15.5 Å². The number of nitrogens with zero attached hydrogens (tertiary/aromatic N) is 3. The van der Waals surface area contributed by atoms with Crippen LogP contribution in [0.1, 0.15) is 12.0 Å². The maximum absolute atomic E-state index is 11.6. The van der Waals surface area contributed by atoms with Gasteiger partial charge in [0.05, 0.1) is 5.69 Å². The first-order chi connectivity index (χ1) is 13.1. The fraction of sp³-hybridized carbons (Fsp3) is 0.316. The second-order valence-corrected chi connectivity index (χ2v) is 7.09. The molecule has 1 atom stereocenters. The number of amides is 1. The molecule has 4 rings (SSSR count). The van der Waals surface area contributed by atoms with Gasteiger partial charge in [0.2, 0.25) is 5.91 Å². The predicted octanol–water partition coefficient (Wildman–Crippen LogP) is 1.85. The summed E-state index contributed by atoms with van der Waals surface area (Å²) in [6.07, 6.45) is 4.71. The second kappa shape index (κ2) is 7.54. The summed E-state index contributed by atoms with van der Waals surface area (Å²) in [5.74, 6) is 0.493. The van der Waals surface area contributed by atoms with Gasteiger partial charge in [0.15, 0.2) is 5.82 Å². The van der Waals surface area contributed by atoms with E-state index in [4.69, 9.17) is 17.3 Å². The van der Waals surface area contributed by atoms with Crippen molar-refractivity contribution in [2.75, 3.05) is 31.1 Å². The highest BCUT2D eigenvalue weighted by atomic mass is 35.5. The van der Waals surface area contributed by atoms with Crippen LogP contribution in [0.4, 0.5) is 5.82 Å². The van der Waals surface area contributed by atoms with Gasteiger partial charge in [-0.25, -0.2) is 0 Å². The van der Waals surface area contributed by atoms with Gasteiger partial charge in [0.1, 0.15) is 6.04 Å². The maximum atomic E-state index is 11.6. The summed E-state index contributed by atoms with van der Waals surface area (Å²) in [7, 11) is 0. The first kappa shape index (κ1) is 17.8. The molecule has 3 heterocycles. The quantitative estimate of drug-likeness (QED) is 0.749. The van der Waals surface area contributed by atoms with E-state index >= 15 is 0 Å². The number of primary amides is 1. The molecule has 1 aromatic carbocycles. The number of nitrogens with one attached hydrogen (secondary N) is 2. The van der Waals surface area contributed by atoms with Gasteiger partial charge in [-0.3, -0.25) is 14.9 Å². The molecule has 0 bridgehead atoms. The van der Waals surface area contributed by atoms with E-state index in [0.29, 0.717) is 18.1 Å². The molecule has 2 aliphatic heterocycles. The number of allylic oxidation sites excluding steroid dienone is 1. The molecule has 1 amide bonds. The average molecular weight is 385 g/mol. The van der Waals surface area contributed by atoms with Crippen molar-refractivity contribution in [1.29, 1.82) is 0 Å². The minimum Gasteiger partial charge on any atom is -0.368 e.